The monoisotopic (exact) mass is 464 g/mol. The van der Waals surface area contributed by atoms with E-state index in [0.717, 1.165) is 36.8 Å². The maximum absolute atomic E-state index is 12.6. The number of nitrogens with one attached hydrogen (secondary N) is 2. The van der Waals surface area contributed by atoms with E-state index in [9.17, 15) is 14.4 Å². The molecule has 0 spiro atoms. The second-order valence-electron chi connectivity index (χ2n) is 9.34. The molecule has 0 aromatic heterocycles. The second-order valence-corrected chi connectivity index (χ2v) is 9.34. The predicted molar refractivity (Wildman–Crippen MR) is 128 cm³/mol. The molecule has 7 heteroatoms. The molecule has 2 atom stereocenters. The molecule has 0 aliphatic heterocycles. The highest BCUT2D eigenvalue weighted by Crippen LogP contribution is 2.44. The Labute approximate surface area is 199 Å². The summed E-state index contributed by atoms with van der Waals surface area (Å²) >= 11 is 0. The molecule has 0 bridgehead atoms. The lowest BCUT2D eigenvalue weighted by Gasteiger charge is -2.24. The van der Waals surface area contributed by atoms with Crippen LogP contribution in [-0.2, 0) is 14.3 Å². The lowest BCUT2D eigenvalue weighted by Crippen LogP contribution is -2.41. The van der Waals surface area contributed by atoms with Crippen LogP contribution < -0.4 is 10.6 Å². The Morgan fingerprint density at radius 2 is 1.59 bits per heavy atom. The Morgan fingerprint density at radius 3 is 2.18 bits per heavy atom. The van der Waals surface area contributed by atoms with E-state index >= 15 is 0 Å². The van der Waals surface area contributed by atoms with E-state index in [1.165, 1.54) is 18.1 Å². The zero-order valence-corrected chi connectivity index (χ0v) is 19.5. The van der Waals surface area contributed by atoms with E-state index in [1.807, 2.05) is 24.3 Å². The molecule has 2 aliphatic carbocycles. The van der Waals surface area contributed by atoms with Gasteiger partial charge in [-0.25, -0.2) is 4.79 Å². The van der Waals surface area contributed by atoms with Gasteiger partial charge in [-0.05, 0) is 41.0 Å². The lowest BCUT2D eigenvalue weighted by atomic mass is 9.87. The van der Waals surface area contributed by atoms with Crippen LogP contribution in [0.25, 0.3) is 11.1 Å². The standard InChI is InChI=1S/C27H32N2O5/c1-17(26(31)32)29-25(30)14-19(18-8-2-3-9-18)15-28-27(33)34-16-24-22-12-6-4-10-20(22)21-11-5-7-13-23(21)24/h4-7,10-13,17-19,24H,2-3,8-9,14-16H2,1H3,(H,28,33)(H,29,30)(H,31,32)/t17-,19?/m0/s1. The molecule has 0 saturated heterocycles. The molecule has 34 heavy (non-hydrogen) atoms. The fourth-order valence-corrected chi connectivity index (χ4v) is 5.30. The van der Waals surface area contributed by atoms with Crippen molar-refractivity contribution in [3.05, 3.63) is 59.7 Å². The zero-order valence-electron chi connectivity index (χ0n) is 19.5. The van der Waals surface area contributed by atoms with Crippen LogP contribution in [0.2, 0.25) is 0 Å². The van der Waals surface area contributed by atoms with Crippen molar-refractivity contribution in [2.24, 2.45) is 11.8 Å². The Morgan fingerprint density at radius 1 is 1.00 bits per heavy atom. The highest BCUT2D eigenvalue weighted by molar-refractivity contribution is 5.83. The van der Waals surface area contributed by atoms with Crippen LogP contribution in [0.15, 0.2) is 48.5 Å². The minimum absolute atomic E-state index is 0.00735. The van der Waals surface area contributed by atoms with Gasteiger partial charge in [0.15, 0.2) is 0 Å². The van der Waals surface area contributed by atoms with Crippen molar-refractivity contribution in [1.29, 1.82) is 0 Å². The number of alkyl carbamates (subject to hydrolysis) is 1. The minimum atomic E-state index is -1.07. The minimum Gasteiger partial charge on any atom is -0.480 e. The van der Waals surface area contributed by atoms with Gasteiger partial charge in [0, 0.05) is 18.9 Å². The third-order valence-electron chi connectivity index (χ3n) is 7.11. The van der Waals surface area contributed by atoms with Crippen molar-refractivity contribution >= 4 is 18.0 Å². The molecule has 2 aromatic rings. The van der Waals surface area contributed by atoms with Crippen molar-refractivity contribution in [2.45, 2.75) is 51.0 Å². The molecule has 4 rings (SSSR count). The van der Waals surface area contributed by atoms with Gasteiger partial charge in [-0.3, -0.25) is 9.59 Å². The van der Waals surface area contributed by atoms with E-state index in [4.69, 9.17) is 9.84 Å². The molecular weight excluding hydrogens is 432 g/mol. The maximum atomic E-state index is 12.6. The molecule has 1 saturated carbocycles. The van der Waals surface area contributed by atoms with Gasteiger partial charge in [0.2, 0.25) is 5.91 Å². The number of carboxylic acids is 1. The van der Waals surface area contributed by atoms with Crippen molar-refractivity contribution in [1.82, 2.24) is 10.6 Å². The van der Waals surface area contributed by atoms with Gasteiger partial charge in [0.1, 0.15) is 12.6 Å². The van der Waals surface area contributed by atoms with Crippen LogP contribution in [0.1, 0.15) is 56.1 Å². The molecule has 180 valence electrons. The number of carbonyl (C=O) groups is 3. The zero-order chi connectivity index (χ0) is 24.1. The first-order valence-electron chi connectivity index (χ1n) is 12.0. The maximum Gasteiger partial charge on any atom is 0.407 e. The summed E-state index contributed by atoms with van der Waals surface area (Å²) in [6.45, 7) is 2.01. The van der Waals surface area contributed by atoms with E-state index < -0.39 is 18.1 Å². The molecule has 3 N–H and O–H groups in total. The first kappa shape index (κ1) is 23.8. The molecule has 0 heterocycles. The first-order valence-corrected chi connectivity index (χ1v) is 12.0. The third kappa shape index (κ3) is 5.41. The summed E-state index contributed by atoms with van der Waals surface area (Å²) in [6, 6.07) is 15.4. The molecular formula is C27H32N2O5. The van der Waals surface area contributed by atoms with Gasteiger partial charge in [-0.2, -0.15) is 0 Å². The largest absolute Gasteiger partial charge is 0.480 e. The van der Waals surface area contributed by atoms with Gasteiger partial charge in [0.25, 0.3) is 0 Å². The number of aliphatic carboxylic acids is 1. The van der Waals surface area contributed by atoms with Gasteiger partial charge < -0.3 is 20.5 Å². The Hall–Kier alpha value is -3.35. The topological polar surface area (TPSA) is 105 Å². The van der Waals surface area contributed by atoms with E-state index in [1.54, 1.807) is 0 Å². The lowest BCUT2D eigenvalue weighted by molar-refractivity contribution is -0.141. The summed E-state index contributed by atoms with van der Waals surface area (Å²) in [7, 11) is 0. The normalized spacial score (nSPS) is 16.9. The summed E-state index contributed by atoms with van der Waals surface area (Å²) in [6.07, 6.45) is 3.94. The van der Waals surface area contributed by atoms with Crippen molar-refractivity contribution in [3.8, 4) is 11.1 Å². The Bertz CT molecular complexity index is 1000. The summed E-state index contributed by atoms with van der Waals surface area (Å²) in [5.74, 6) is -1.10. The van der Waals surface area contributed by atoms with Gasteiger partial charge in [-0.15, -0.1) is 0 Å². The number of carboxylic acid groups (broad SMARTS) is 1. The average Bonchev–Trinajstić information content (AvgIpc) is 3.47. The molecule has 2 amide bonds. The second kappa shape index (κ2) is 10.7. The van der Waals surface area contributed by atoms with Crippen LogP contribution in [-0.4, -0.2) is 42.3 Å². The van der Waals surface area contributed by atoms with Gasteiger partial charge in [0.05, 0.1) is 0 Å². The van der Waals surface area contributed by atoms with Crippen LogP contribution in [0, 0.1) is 11.8 Å². The number of amides is 2. The Balaban J connectivity index is 1.33. The molecule has 7 nitrogen and oxygen atoms in total. The SMILES string of the molecule is C[C@H](NC(=O)CC(CNC(=O)OCC1c2ccccc2-c2ccccc21)C1CCCC1)C(=O)O. The quantitative estimate of drug-likeness (QED) is 0.513. The molecule has 2 aliphatic rings. The van der Waals surface area contributed by atoms with Crippen molar-refractivity contribution in [3.63, 3.8) is 0 Å². The number of rotatable bonds is 9. The van der Waals surface area contributed by atoms with Crippen molar-refractivity contribution < 1.29 is 24.2 Å². The summed E-state index contributed by atoms with van der Waals surface area (Å²) < 4.78 is 5.63. The fourth-order valence-electron chi connectivity index (χ4n) is 5.30. The number of ether oxygens (including phenoxy) is 1. The highest BCUT2D eigenvalue weighted by atomic mass is 16.5. The average molecular weight is 465 g/mol. The summed E-state index contributed by atoms with van der Waals surface area (Å²) in [5, 5.41) is 14.4. The Kier molecular flexibility index (Phi) is 7.50. The number of benzene rings is 2. The van der Waals surface area contributed by atoms with Crippen LogP contribution >= 0.6 is 0 Å². The first-order chi connectivity index (χ1) is 16.4. The number of hydrogen-bond donors (Lipinski definition) is 3. The molecule has 2 aromatic carbocycles. The number of fused-ring (bicyclic) bond motifs is 3. The summed E-state index contributed by atoms with van der Waals surface area (Å²) in [4.78, 5) is 36.0. The number of hydrogen-bond acceptors (Lipinski definition) is 4. The van der Waals surface area contributed by atoms with Crippen molar-refractivity contribution in [2.75, 3.05) is 13.2 Å². The number of carbonyl (C=O) groups excluding carboxylic acids is 2. The summed E-state index contributed by atoms with van der Waals surface area (Å²) in [5.41, 5.74) is 4.67. The smallest absolute Gasteiger partial charge is 0.407 e. The van der Waals surface area contributed by atoms with E-state index in [0.29, 0.717) is 12.5 Å². The molecule has 0 radical (unpaired) electrons. The van der Waals surface area contributed by atoms with Crippen LogP contribution in [0.3, 0.4) is 0 Å². The van der Waals surface area contributed by atoms with Gasteiger partial charge >= 0.3 is 12.1 Å². The van der Waals surface area contributed by atoms with Gasteiger partial charge in [-0.1, -0.05) is 74.2 Å². The van der Waals surface area contributed by atoms with E-state index in [-0.39, 0.29) is 30.8 Å². The molecule has 1 unspecified atom stereocenters. The third-order valence-corrected chi connectivity index (χ3v) is 7.11. The molecule has 1 fully saturated rings. The van der Waals surface area contributed by atoms with Crippen LogP contribution in [0.5, 0.6) is 0 Å². The predicted octanol–water partition coefficient (Wildman–Crippen LogP) is 4.31. The van der Waals surface area contributed by atoms with Crippen LogP contribution in [0.4, 0.5) is 4.79 Å². The van der Waals surface area contributed by atoms with E-state index in [2.05, 4.69) is 34.9 Å². The highest BCUT2D eigenvalue weighted by Gasteiger charge is 2.30. The fraction of sp³-hybridized carbons (Fsp3) is 0.444.